The van der Waals surface area contributed by atoms with E-state index in [9.17, 15) is 4.79 Å². The van der Waals surface area contributed by atoms with Gasteiger partial charge in [0, 0.05) is 6.42 Å². The van der Waals surface area contributed by atoms with Gasteiger partial charge in [-0.05, 0) is 56.2 Å². The normalized spacial score (nSPS) is 14.0. The van der Waals surface area contributed by atoms with Crippen molar-refractivity contribution in [1.29, 1.82) is 0 Å². The molecule has 118 valence electrons. The molecule has 0 aromatic heterocycles. The van der Waals surface area contributed by atoms with Crippen molar-refractivity contribution in [2.45, 2.75) is 53.0 Å². The quantitative estimate of drug-likeness (QED) is 0.769. The molecular formula is C18H30N2O. The van der Waals surface area contributed by atoms with Gasteiger partial charge >= 0.3 is 0 Å². The fourth-order valence-electron chi connectivity index (χ4n) is 2.81. The van der Waals surface area contributed by atoms with Gasteiger partial charge in [-0.3, -0.25) is 4.79 Å². The highest BCUT2D eigenvalue weighted by molar-refractivity contribution is 5.76. The van der Waals surface area contributed by atoms with E-state index in [1.807, 2.05) is 19.1 Å². The van der Waals surface area contributed by atoms with Crippen LogP contribution in [0, 0.1) is 18.8 Å². The fraction of sp³-hybridized carbons (Fsp3) is 0.611. The summed E-state index contributed by atoms with van der Waals surface area (Å²) in [5, 5.41) is 3.10. The van der Waals surface area contributed by atoms with Gasteiger partial charge in [-0.25, -0.2) is 0 Å². The number of hydrogen-bond acceptors (Lipinski definition) is 2. The lowest BCUT2D eigenvalue weighted by molar-refractivity contribution is -0.122. The third-order valence-corrected chi connectivity index (χ3v) is 4.25. The smallest absolute Gasteiger partial charge is 0.220 e. The van der Waals surface area contributed by atoms with Crippen molar-refractivity contribution < 1.29 is 4.79 Å². The number of carbonyl (C=O) groups excluding carboxylic acids is 1. The van der Waals surface area contributed by atoms with Crippen LogP contribution in [-0.2, 0) is 4.79 Å². The number of aryl methyl sites for hydroxylation is 1. The molecule has 1 aromatic rings. The second kappa shape index (κ2) is 8.83. The Morgan fingerprint density at radius 2 is 1.86 bits per heavy atom. The molecule has 0 saturated carbocycles. The molecule has 0 bridgehead atoms. The first-order chi connectivity index (χ1) is 9.95. The summed E-state index contributed by atoms with van der Waals surface area (Å²) in [4.78, 5) is 12.1. The minimum atomic E-state index is 0.0608. The highest BCUT2D eigenvalue weighted by Gasteiger charge is 2.16. The number of benzene rings is 1. The van der Waals surface area contributed by atoms with Gasteiger partial charge in [-0.15, -0.1) is 0 Å². The van der Waals surface area contributed by atoms with Crippen LogP contribution in [0.2, 0.25) is 0 Å². The van der Waals surface area contributed by atoms with Crippen LogP contribution in [0.15, 0.2) is 24.3 Å². The molecule has 21 heavy (non-hydrogen) atoms. The zero-order valence-electron chi connectivity index (χ0n) is 13.9. The second-order valence-electron chi connectivity index (χ2n) is 6.27. The Morgan fingerprint density at radius 1 is 1.19 bits per heavy atom. The molecule has 1 aromatic carbocycles. The van der Waals surface area contributed by atoms with Crippen molar-refractivity contribution in [2.75, 3.05) is 6.54 Å². The Bertz CT molecular complexity index is 443. The van der Waals surface area contributed by atoms with Crippen LogP contribution in [-0.4, -0.2) is 12.5 Å². The van der Waals surface area contributed by atoms with E-state index in [-0.39, 0.29) is 11.9 Å². The van der Waals surface area contributed by atoms with E-state index in [1.165, 1.54) is 11.1 Å². The molecule has 0 radical (unpaired) electrons. The maximum absolute atomic E-state index is 12.1. The number of carbonyl (C=O) groups is 1. The lowest BCUT2D eigenvalue weighted by Gasteiger charge is -2.21. The zero-order chi connectivity index (χ0) is 15.8. The number of amides is 1. The summed E-state index contributed by atoms with van der Waals surface area (Å²) in [6.07, 6.45) is 2.50. The highest BCUT2D eigenvalue weighted by atomic mass is 16.1. The van der Waals surface area contributed by atoms with Crippen LogP contribution in [0.1, 0.15) is 57.2 Å². The molecule has 0 aliphatic rings. The van der Waals surface area contributed by atoms with E-state index in [0.29, 0.717) is 24.8 Å². The maximum atomic E-state index is 12.1. The third kappa shape index (κ3) is 5.88. The topological polar surface area (TPSA) is 55.1 Å². The Balaban J connectivity index is 2.48. The van der Waals surface area contributed by atoms with Gasteiger partial charge in [0.05, 0.1) is 6.04 Å². The van der Waals surface area contributed by atoms with Crippen LogP contribution in [0.25, 0.3) is 0 Å². The molecule has 1 unspecified atom stereocenters. The molecule has 0 fully saturated rings. The molecule has 1 amide bonds. The lowest BCUT2D eigenvalue weighted by Crippen LogP contribution is -2.28. The third-order valence-electron chi connectivity index (χ3n) is 4.25. The zero-order valence-corrected chi connectivity index (χ0v) is 13.9. The summed E-state index contributed by atoms with van der Waals surface area (Å²) >= 11 is 0. The SMILES string of the molecule is Cc1ccccc1[C@@H](C)NC(=O)CCC(CCN)C(C)C. The minimum Gasteiger partial charge on any atom is -0.350 e. The highest BCUT2D eigenvalue weighted by Crippen LogP contribution is 2.21. The largest absolute Gasteiger partial charge is 0.350 e. The number of nitrogens with two attached hydrogens (primary N) is 1. The van der Waals surface area contributed by atoms with Gasteiger partial charge in [0.15, 0.2) is 0 Å². The average Bonchev–Trinajstić information content (AvgIpc) is 2.43. The Kier molecular flexibility index (Phi) is 7.44. The molecule has 0 spiro atoms. The molecule has 0 aliphatic heterocycles. The van der Waals surface area contributed by atoms with Crippen molar-refractivity contribution >= 4 is 5.91 Å². The van der Waals surface area contributed by atoms with Crippen LogP contribution < -0.4 is 11.1 Å². The molecule has 3 N–H and O–H groups in total. The Labute approximate surface area is 129 Å². The minimum absolute atomic E-state index is 0.0608. The first-order valence-corrected chi connectivity index (χ1v) is 8.00. The molecule has 0 aliphatic carbocycles. The Morgan fingerprint density at radius 3 is 2.43 bits per heavy atom. The van der Waals surface area contributed by atoms with E-state index < -0.39 is 0 Å². The van der Waals surface area contributed by atoms with Crippen LogP contribution >= 0.6 is 0 Å². The summed E-state index contributed by atoms with van der Waals surface area (Å²) in [5.41, 5.74) is 8.05. The van der Waals surface area contributed by atoms with E-state index >= 15 is 0 Å². The van der Waals surface area contributed by atoms with Gasteiger partial charge in [-0.1, -0.05) is 38.1 Å². The van der Waals surface area contributed by atoms with E-state index in [2.05, 4.69) is 38.2 Å². The summed E-state index contributed by atoms with van der Waals surface area (Å²) in [7, 11) is 0. The molecule has 0 saturated heterocycles. The van der Waals surface area contributed by atoms with Crippen molar-refractivity contribution in [1.82, 2.24) is 5.32 Å². The van der Waals surface area contributed by atoms with Gasteiger partial charge in [0.25, 0.3) is 0 Å². The number of rotatable bonds is 8. The van der Waals surface area contributed by atoms with Gasteiger partial charge in [0.1, 0.15) is 0 Å². The Hall–Kier alpha value is -1.35. The van der Waals surface area contributed by atoms with Crippen LogP contribution in [0.5, 0.6) is 0 Å². The molecule has 3 heteroatoms. The van der Waals surface area contributed by atoms with Crippen LogP contribution in [0.4, 0.5) is 0 Å². The van der Waals surface area contributed by atoms with E-state index in [1.54, 1.807) is 0 Å². The summed E-state index contributed by atoms with van der Waals surface area (Å²) in [6, 6.07) is 8.25. The predicted octanol–water partition coefficient (Wildman–Crippen LogP) is 3.57. The van der Waals surface area contributed by atoms with E-state index in [4.69, 9.17) is 5.73 Å². The lowest BCUT2D eigenvalue weighted by atomic mass is 9.88. The standard InChI is InChI=1S/C18H30N2O/c1-13(2)16(11-12-19)9-10-18(21)20-15(4)17-8-6-5-7-14(17)3/h5-8,13,15-16H,9-12,19H2,1-4H3,(H,20,21)/t15-,16?/m1/s1. The molecule has 2 atom stereocenters. The van der Waals surface area contributed by atoms with Crippen molar-refractivity contribution in [3.05, 3.63) is 35.4 Å². The fourth-order valence-corrected chi connectivity index (χ4v) is 2.81. The summed E-state index contributed by atoms with van der Waals surface area (Å²) in [6.45, 7) is 9.22. The maximum Gasteiger partial charge on any atom is 0.220 e. The van der Waals surface area contributed by atoms with E-state index in [0.717, 1.165) is 12.8 Å². The molecule has 3 nitrogen and oxygen atoms in total. The first kappa shape index (κ1) is 17.7. The summed E-state index contributed by atoms with van der Waals surface area (Å²) < 4.78 is 0. The molecular weight excluding hydrogens is 260 g/mol. The first-order valence-electron chi connectivity index (χ1n) is 8.00. The van der Waals surface area contributed by atoms with Crippen molar-refractivity contribution in [3.8, 4) is 0 Å². The van der Waals surface area contributed by atoms with Crippen molar-refractivity contribution in [3.63, 3.8) is 0 Å². The summed E-state index contributed by atoms with van der Waals surface area (Å²) in [5.74, 6) is 1.25. The van der Waals surface area contributed by atoms with Gasteiger partial charge < -0.3 is 11.1 Å². The number of nitrogens with one attached hydrogen (secondary N) is 1. The van der Waals surface area contributed by atoms with Gasteiger partial charge in [0.2, 0.25) is 5.91 Å². The average molecular weight is 290 g/mol. The monoisotopic (exact) mass is 290 g/mol. The predicted molar refractivity (Wildman–Crippen MR) is 89.0 cm³/mol. The van der Waals surface area contributed by atoms with Crippen LogP contribution in [0.3, 0.4) is 0 Å². The van der Waals surface area contributed by atoms with Gasteiger partial charge in [-0.2, -0.15) is 0 Å². The second-order valence-corrected chi connectivity index (χ2v) is 6.27. The molecule has 1 rings (SSSR count). The number of hydrogen-bond donors (Lipinski definition) is 2. The molecule has 0 heterocycles. The van der Waals surface area contributed by atoms with Crippen molar-refractivity contribution in [2.24, 2.45) is 17.6 Å².